The molecular weight excluding hydrogens is 456 g/mol. The van der Waals surface area contributed by atoms with Gasteiger partial charge in [0.05, 0.1) is 51.0 Å². The first-order chi connectivity index (χ1) is 15.6. The third kappa shape index (κ3) is 9.99. The van der Waals surface area contributed by atoms with Gasteiger partial charge in [0.1, 0.15) is 0 Å². The number of esters is 2. The fraction of sp³-hybridized carbons (Fsp3) is 0.760. The van der Waals surface area contributed by atoms with Crippen molar-refractivity contribution in [2.45, 2.75) is 109 Å². The van der Waals surface area contributed by atoms with Crippen molar-refractivity contribution >= 4 is 20.5 Å². The number of hydrogen-bond donors (Lipinski definition) is 2. The van der Waals surface area contributed by atoms with Crippen molar-refractivity contribution in [3.05, 3.63) is 25.3 Å². The van der Waals surface area contributed by atoms with Crippen LogP contribution in [0, 0.1) is 0 Å². The van der Waals surface area contributed by atoms with Gasteiger partial charge in [-0.1, -0.05) is 53.7 Å². The number of rotatable bonds is 9. The largest absolute Gasteiger partial charge is 0.469 e. The minimum absolute atomic E-state index is 0.0710. The molecule has 0 unspecified atom stereocenters. The zero-order chi connectivity index (χ0) is 26.7. The molecule has 4 atom stereocenters. The molecule has 1 saturated heterocycles. The van der Waals surface area contributed by atoms with Gasteiger partial charge in [-0.15, -0.1) is 13.2 Å². The molecule has 0 aliphatic carbocycles. The van der Waals surface area contributed by atoms with Gasteiger partial charge in [-0.25, -0.2) is 0 Å². The second-order valence-corrected chi connectivity index (χ2v) is 15.2. The summed E-state index contributed by atoms with van der Waals surface area (Å²) in [5.74, 6) is -0.693. The van der Waals surface area contributed by atoms with E-state index in [1.165, 1.54) is 13.2 Å². The Morgan fingerprint density at radius 1 is 1.09 bits per heavy atom. The van der Waals surface area contributed by atoms with Crippen molar-refractivity contribution in [3.63, 3.8) is 0 Å². The molecule has 0 aromatic rings. The third-order valence-electron chi connectivity index (χ3n) is 5.50. The Balaban J connectivity index is 0.000000770. The van der Waals surface area contributed by atoms with E-state index >= 15 is 0 Å². The van der Waals surface area contributed by atoms with E-state index in [1.807, 2.05) is 13.0 Å². The topological polar surface area (TPSA) is 112 Å². The van der Waals surface area contributed by atoms with E-state index in [0.29, 0.717) is 13.0 Å². The predicted octanol–water partition coefficient (Wildman–Crippen LogP) is 4.19. The molecule has 0 aromatic heterocycles. The van der Waals surface area contributed by atoms with Gasteiger partial charge in [0.15, 0.2) is 0 Å². The second kappa shape index (κ2) is 14.1. The number of ether oxygens (including phenoxy) is 2. The first-order valence-electron chi connectivity index (χ1n) is 11.8. The van der Waals surface area contributed by atoms with E-state index in [9.17, 15) is 9.59 Å². The summed E-state index contributed by atoms with van der Waals surface area (Å²) in [5.41, 5.74) is 0. The third-order valence-corrected chi connectivity index (χ3v) is 10.7. The van der Waals surface area contributed by atoms with Crippen molar-refractivity contribution in [2.75, 3.05) is 13.7 Å². The first-order valence-corrected chi connectivity index (χ1v) is 13.6. The molecule has 0 saturated carbocycles. The maximum Gasteiger partial charge on any atom is 0.350 e. The van der Waals surface area contributed by atoms with Gasteiger partial charge in [-0.2, -0.15) is 0 Å². The quantitative estimate of drug-likeness (QED) is 0.274. The highest BCUT2D eigenvalue weighted by atomic mass is 28.4. The Morgan fingerprint density at radius 3 is 2.06 bits per heavy atom. The molecule has 0 bridgehead atoms. The zero-order valence-electron chi connectivity index (χ0n) is 22.3. The van der Waals surface area contributed by atoms with E-state index in [4.69, 9.17) is 23.8 Å². The molecule has 1 aliphatic heterocycles. The molecule has 34 heavy (non-hydrogen) atoms. The van der Waals surface area contributed by atoms with Crippen molar-refractivity contribution in [3.8, 4) is 0 Å². The minimum atomic E-state index is -2.60. The van der Waals surface area contributed by atoms with Crippen molar-refractivity contribution in [2.24, 2.45) is 0 Å². The molecule has 0 amide bonds. The molecular formula is C25H46O8Si. The molecule has 8 nitrogen and oxygen atoms in total. The average Bonchev–Trinajstić information content (AvgIpc) is 2.72. The fourth-order valence-electron chi connectivity index (χ4n) is 4.07. The van der Waals surface area contributed by atoms with Crippen LogP contribution in [0.25, 0.3) is 0 Å². The summed E-state index contributed by atoms with van der Waals surface area (Å²) in [6.45, 7) is 22.4. The number of aliphatic hydroxyl groups excluding tert-OH is 2. The van der Waals surface area contributed by atoms with Crippen LogP contribution in [0.1, 0.15) is 74.1 Å². The molecule has 0 aromatic carbocycles. The lowest BCUT2D eigenvalue weighted by molar-refractivity contribution is -0.146. The molecule has 1 aliphatic rings. The lowest BCUT2D eigenvalue weighted by Crippen LogP contribution is -2.63. The van der Waals surface area contributed by atoms with Crippen LogP contribution in [-0.4, -0.2) is 68.8 Å². The van der Waals surface area contributed by atoms with Crippen LogP contribution in [0.3, 0.4) is 0 Å². The van der Waals surface area contributed by atoms with Gasteiger partial charge in [0.25, 0.3) is 0 Å². The molecule has 2 N–H and O–H groups in total. The normalized spacial score (nSPS) is 21.8. The van der Waals surface area contributed by atoms with Crippen LogP contribution in [-0.2, 0) is 27.9 Å². The second-order valence-electron chi connectivity index (χ2n) is 10.5. The highest BCUT2D eigenvalue weighted by molar-refractivity contribution is 6.73. The first kappa shape index (κ1) is 32.5. The minimum Gasteiger partial charge on any atom is -0.469 e. The summed E-state index contributed by atoms with van der Waals surface area (Å²) in [7, 11) is -1.35. The molecule has 0 radical (unpaired) electrons. The summed E-state index contributed by atoms with van der Waals surface area (Å²) < 4.78 is 22.4. The van der Waals surface area contributed by atoms with Crippen LogP contribution in [0.15, 0.2) is 25.3 Å². The number of carbonyl (C=O) groups is 2. The molecule has 198 valence electrons. The lowest BCUT2D eigenvalue weighted by Gasteiger charge is -2.54. The Morgan fingerprint density at radius 2 is 1.65 bits per heavy atom. The van der Waals surface area contributed by atoms with E-state index in [-0.39, 0.29) is 47.5 Å². The number of carbonyl (C=O) groups excluding carboxylic acids is 2. The number of aliphatic hydroxyl groups is 2. The van der Waals surface area contributed by atoms with E-state index in [1.54, 1.807) is 0 Å². The average molecular weight is 503 g/mol. The maximum atomic E-state index is 11.9. The summed E-state index contributed by atoms with van der Waals surface area (Å²) in [5, 5.41) is 17.9. The lowest BCUT2D eigenvalue weighted by atomic mass is 10.1. The van der Waals surface area contributed by atoms with Crippen LogP contribution in [0.4, 0.5) is 0 Å². The predicted molar refractivity (Wildman–Crippen MR) is 134 cm³/mol. The number of methoxy groups -OCH3 is 1. The maximum absolute atomic E-state index is 11.9. The van der Waals surface area contributed by atoms with Gasteiger partial charge >= 0.3 is 20.5 Å². The summed E-state index contributed by atoms with van der Waals surface area (Å²) in [6.07, 6.45) is 2.21. The highest BCUT2D eigenvalue weighted by Crippen LogP contribution is 2.55. The molecule has 9 heteroatoms. The molecule has 1 heterocycles. The van der Waals surface area contributed by atoms with Gasteiger partial charge in [-0.05, 0) is 6.92 Å². The summed E-state index contributed by atoms with van der Waals surface area (Å²) in [4.78, 5) is 22.5. The molecule has 1 rings (SSSR count). The number of hydrogen-bond acceptors (Lipinski definition) is 8. The van der Waals surface area contributed by atoms with Crippen LogP contribution in [0.2, 0.25) is 10.1 Å². The Labute approximate surface area is 206 Å². The molecule has 1 fully saturated rings. The van der Waals surface area contributed by atoms with E-state index < -0.39 is 26.7 Å². The van der Waals surface area contributed by atoms with Gasteiger partial charge in [-0.3, -0.25) is 9.59 Å². The summed E-state index contributed by atoms with van der Waals surface area (Å²) in [6, 6.07) is 0. The Kier molecular flexibility index (Phi) is 13.5. The Bertz CT molecular complexity index is 651. The van der Waals surface area contributed by atoms with Crippen LogP contribution in [0.5, 0.6) is 0 Å². The van der Waals surface area contributed by atoms with Crippen molar-refractivity contribution < 1.29 is 38.1 Å². The van der Waals surface area contributed by atoms with E-state index in [0.717, 1.165) is 0 Å². The fourth-order valence-corrected chi connectivity index (χ4v) is 9.06. The van der Waals surface area contributed by atoms with Crippen LogP contribution >= 0.6 is 0 Å². The van der Waals surface area contributed by atoms with Gasteiger partial charge in [0, 0.05) is 22.9 Å². The standard InChI is InChI=1S/C17H32O4Si.C8H14O4/c1-9-13-11-14(12-15(18)19-10-2)21-22(20-13,16(3,4)5)17(6,7)8;1-3-6(9)4-7(10)5-8(11)12-2/h9,13-14H,1,10-12H2,2-8H3;3,6-7,9-10H,1,4-5H2,2H3/t13-,14-;6-,7-/m00/s1. The van der Waals surface area contributed by atoms with E-state index in [2.05, 4.69) is 59.4 Å². The van der Waals surface area contributed by atoms with Gasteiger partial charge < -0.3 is 28.5 Å². The Hall–Kier alpha value is -1.52. The zero-order valence-corrected chi connectivity index (χ0v) is 23.3. The smallest absolute Gasteiger partial charge is 0.350 e. The SMILES string of the molecule is C=C[C@H](O)C[C@H](O)CC(=O)OC.C=C[C@H]1C[C@@H](CC(=O)OCC)O[Si](C(C)(C)C)(C(C)(C)C)O1. The van der Waals surface area contributed by atoms with Crippen molar-refractivity contribution in [1.82, 2.24) is 0 Å². The summed E-state index contributed by atoms with van der Waals surface area (Å²) >= 11 is 0. The van der Waals surface area contributed by atoms with Crippen LogP contribution < -0.4 is 0 Å². The highest BCUT2D eigenvalue weighted by Gasteiger charge is 2.61. The van der Waals surface area contributed by atoms with Crippen molar-refractivity contribution in [1.29, 1.82) is 0 Å². The monoisotopic (exact) mass is 502 g/mol. The van der Waals surface area contributed by atoms with Gasteiger partial charge in [0.2, 0.25) is 0 Å². The molecule has 0 spiro atoms.